The molecule has 0 atom stereocenters. The molecule has 1 aliphatic heterocycles. The summed E-state index contributed by atoms with van der Waals surface area (Å²) in [6.45, 7) is 13.0. The quantitative estimate of drug-likeness (QED) is 0.749. The summed E-state index contributed by atoms with van der Waals surface area (Å²) in [6.07, 6.45) is 6.68. The molecule has 0 bridgehead atoms. The van der Waals surface area contributed by atoms with E-state index in [1.165, 1.54) is 45.2 Å². The van der Waals surface area contributed by atoms with Crippen molar-refractivity contribution in [3.05, 3.63) is 0 Å². The second kappa shape index (κ2) is 6.61. The van der Waals surface area contributed by atoms with Gasteiger partial charge in [-0.25, -0.2) is 0 Å². The van der Waals surface area contributed by atoms with E-state index in [-0.39, 0.29) is 0 Å². The van der Waals surface area contributed by atoms with Crippen LogP contribution in [-0.2, 0) is 0 Å². The summed E-state index contributed by atoms with van der Waals surface area (Å²) in [5.74, 6) is 0. The monoisotopic (exact) mass is 226 g/mol. The van der Waals surface area contributed by atoms with Crippen molar-refractivity contribution in [3.63, 3.8) is 0 Å². The van der Waals surface area contributed by atoms with E-state index < -0.39 is 0 Å². The maximum absolute atomic E-state index is 3.71. The Balaban J connectivity index is 2.37. The number of nitrogens with zero attached hydrogens (tertiary/aromatic N) is 1. The molecule has 2 heteroatoms. The third-order valence-electron chi connectivity index (χ3n) is 4.02. The Hall–Kier alpha value is -0.0800. The topological polar surface area (TPSA) is 15.3 Å². The first-order valence-electron chi connectivity index (χ1n) is 7.08. The SMILES string of the molecule is CCC(CC)NCC(C)(C)N1CCCCC1. The van der Waals surface area contributed by atoms with Crippen LogP contribution < -0.4 is 5.32 Å². The van der Waals surface area contributed by atoms with E-state index in [0.717, 1.165) is 6.54 Å². The van der Waals surface area contributed by atoms with Crippen molar-refractivity contribution >= 4 is 0 Å². The smallest absolute Gasteiger partial charge is 0.0277 e. The zero-order valence-corrected chi connectivity index (χ0v) is 11.7. The predicted octanol–water partition coefficient (Wildman–Crippen LogP) is 3.03. The molecule has 1 rings (SSSR count). The standard InChI is InChI=1S/C14H30N2/c1-5-13(6-2)15-12-14(3,4)16-10-8-7-9-11-16/h13,15H,5-12H2,1-4H3. The highest BCUT2D eigenvalue weighted by atomic mass is 15.2. The third-order valence-corrected chi connectivity index (χ3v) is 4.02. The lowest BCUT2D eigenvalue weighted by molar-refractivity contribution is 0.0914. The van der Waals surface area contributed by atoms with E-state index in [4.69, 9.17) is 0 Å². The van der Waals surface area contributed by atoms with Crippen molar-refractivity contribution < 1.29 is 0 Å². The van der Waals surface area contributed by atoms with Gasteiger partial charge in [0.05, 0.1) is 0 Å². The molecule has 1 fully saturated rings. The van der Waals surface area contributed by atoms with Gasteiger partial charge in [-0.2, -0.15) is 0 Å². The van der Waals surface area contributed by atoms with Gasteiger partial charge in [0.2, 0.25) is 0 Å². The molecule has 0 radical (unpaired) electrons. The van der Waals surface area contributed by atoms with E-state index in [2.05, 4.69) is 37.9 Å². The molecule has 0 aromatic rings. The van der Waals surface area contributed by atoms with Crippen molar-refractivity contribution in [1.82, 2.24) is 10.2 Å². The Labute approximate surface area is 102 Å². The Morgan fingerprint density at radius 3 is 2.12 bits per heavy atom. The first-order chi connectivity index (χ1) is 7.60. The zero-order valence-electron chi connectivity index (χ0n) is 11.7. The minimum atomic E-state index is 0.322. The number of likely N-dealkylation sites (tertiary alicyclic amines) is 1. The summed E-state index contributed by atoms with van der Waals surface area (Å²) in [5.41, 5.74) is 0.322. The van der Waals surface area contributed by atoms with Gasteiger partial charge in [-0.05, 0) is 52.6 Å². The molecule has 0 unspecified atom stereocenters. The van der Waals surface area contributed by atoms with Crippen LogP contribution >= 0.6 is 0 Å². The van der Waals surface area contributed by atoms with E-state index in [1.54, 1.807) is 0 Å². The molecular formula is C14H30N2. The van der Waals surface area contributed by atoms with Crippen molar-refractivity contribution in [2.24, 2.45) is 0 Å². The van der Waals surface area contributed by atoms with Gasteiger partial charge in [-0.1, -0.05) is 20.3 Å². The molecule has 2 nitrogen and oxygen atoms in total. The highest BCUT2D eigenvalue weighted by molar-refractivity contribution is 4.86. The number of piperidine rings is 1. The van der Waals surface area contributed by atoms with E-state index in [1.807, 2.05) is 0 Å². The van der Waals surface area contributed by atoms with Crippen LogP contribution in [0.1, 0.15) is 59.8 Å². The number of nitrogens with one attached hydrogen (secondary N) is 1. The Bertz CT molecular complexity index is 179. The van der Waals surface area contributed by atoms with Crippen LogP contribution in [0.3, 0.4) is 0 Å². The Kier molecular flexibility index (Phi) is 5.77. The summed E-state index contributed by atoms with van der Waals surface area (Å²) < 4.78 is 0. The molecule has 0 spiro atoms. The summed E-state index contributed by atoms with van der Waals surface area (Å²) in [7, 11) is 0. The van der Waals surface area contributed by atoms with Crippen molar-refractivity contribution in [1.29, 1.82) is 0 Å². The summed E-state index contributed by atoms with van der Waals surface area (Å²) in [5, 5.41) is 3.71. The molecule has 1 N–H and O–H groups in total. The fourth-order valence-corrected chi connectivity index (χ4v) is 2.58. The normalized spacial score (nSPS) is 19.3. The summed E-state index contributed by atoms with van der Waals surface area (Å²) >= 11 is 0. The van der Waals surface area contributed by atoms with Gasteiger partial charge in [-0.15, -0.1) is 0 Å². The highest BCUT2D eigenvalue weighted by Gasteiger charge is 2.27. The highest BCUT2D eigenvalue weighted by Crippen LogP contribution is 2.20. The molecule has 0 aromatic heterocycles. The maximum atomic E-state index is 3.71. The Morgan fingerprint density at radius 2 is 1.62 bits per heavy atom. The molecule has 0 aromatic carbocycles. The molecule has 0 aliphatic carbocycles. The first kappa shape index (κ1) is 14.0. The van der Waals surface area contributed by atoms with Crippen LogP contribution in [0.4, 0.5) is 0 Å². The lowest BCUT2D eigenvalue weighted by atomic mass is 9.98. The molecule has 96 valence electrons. The third kappa shape index (κ3) is 4.06. The summed E-state index contributed by atoms with van der Waals surface area (Å²) in [4.78, 5) is 2.66. The number of rotatable bonds is 6. The van der Waals surface area contributed by atoms with Gasteiger partial charge >= 0.3 is 0 Å². The van der Waals surface area contributed by atoms with E-state index in [9.17, 15) is 0 Å². The fourth-order valence-electron chi connectivity index (χ4n) is 2.58. The van der Waals surface area contributed by atoms with Gasteiger partial charge in [-0.3, -0.25) is 4.90 Å². The average Bonchev–Trinajstić information content (AvgIpc) is 2.31. The fraction of sp³-hybridized carbons (Fsp3) is 1.00. The van der Waals surface area contributed by atoms with Crippen LogP contribution in [0.15, 0.2) is 0 Å². The largest absolute Gasteiger partial charge is 0.312 e. The van der Waals surface area contributed by atoms with E-state index in [0.29, 0.717) is 11.6 Å². The van der Waals surface area contributed by atoms with Crippen LogP contribution in [0.5, 0.6) is 0 Å². The second-order valence-corrected chi connectivity index (χ2v) is 5.75. The van der Waals surface area contributed by atoms with Crippen LogP contribution in [0.25, 0.3) is 0 Å². The second-order valence-electron chi connectivity index (χ2n) is 5.75. The Morgan fingerprint density at radius 1 is 1.06 bits per heavy atom. The van der Waals surface area contributed by atoms with Gasteiger partial charge in [0, 0.05) is 18.1 Å². The minimum Gasteiger partial charge on any atom is -0.312 e. The number of hydrogen-bond acceptors (Lipinski definition) is 2. The van der Waals surface area contributed by atoms with Crippen LogP contribution in [-0.4, -0.2) is 36.1 Å². The molecule has 1 heterocycles. The number of hydrogen-bond donors (Lipinski definition) is 1. The molecular weight excluding hydrogens is 196 g/mol. The van der Waals surface area contributed by atoms with Crippen molar-refractivity contribution in [3.8, 4) is 0 Å². The lowest BCUT2D eigenvalue weighted by Gasteiger charge is -2.42. The average molecular weight is 226 g/mol. The van der Waals surface area contributed by atoms with Crippen LogP contribution in [0, 0.1) is 0 Å². The zero-order chi connectivity index (χ0) is 12.0. The molecule has 1 saturated heterocycles. The maximum Gasteiger partial charge on any atom is 0.0277 e. The van der Waals surface area contributed by atoms with E-state index >= 15 is 0 Å². The van der Waals surface area contributed by atoms with Gasteiger partial charge < -0.3 is 5.32 Å². The lowest BCUT2D eigenvalue weighted by Crippen LogP contribution is -2.53. The molecule has 16 heavy (non-hydrogen) atoms. The molecule has 1 aliphatic rings. The van der Waals surface area contributed by atoms with Crippen LogP contribution in [0.2, 0.25) is 0 Å². The summed E-state index contributed by atoms with van der Waals surface area (Å²) in [6, 6.07) is 0.698. The van der Waals surface area contributed by atoms with Gasteiger partial charge in [0.25, 0.3) is 0 Å². The minimum absolute atomic E-state index is 0.322. The molecule has 0 saturated carbocycles. The van der Waals surface area contributed by atoms with Gasteiger partial charge in [0.1, 0.15) is 0 Å². The predicted molar refractivity (Wildman–Crippen MR) is 71.9 cm³/mol. The molecule has 0 amide bonds. The first-order valence-corrected chi connectivity index (χ1v) is 7.08. The van der Waals surface area contributed by atoms with Crippen molar-refractivity contribution in [2.45, 2.75) is 71.4 Å². The van der Waals surface area contributed by atoms with Gasteiger partial charge in [0.15, 0.2) is 0 Å². The van der Waals surface area contributed by atoms with Crippen molar-refractivity contribution in [2.75, 3.05) is 19.6 Å².